The summed E-state index contributed by atoms with van der Waals surface area (Å²) in [6.07, 6.45) is 0. The van der Waals surface area contributed by atoms with Crippen LogP contribution in [0.15, 0.2) is 18.2 Å². The SMILES string of the molecule is CC(=O)OC(C)(C)C(=O)Nc1ccc2c(c1)N(C)S(=O)(=O)N2C. The molecular weight excluding hydrogens is 322 g/mol. The van der Waals surface area contributed by atoms with Crippen molar-refractivity contribution in [2.24, 2.45) is 0 Å². The first-order chi connectivity index (χ1) is 10.5. The molecule has 9 heteroatoms. The maximum atomic E-state index is 12.2. The molecule has 0 aromatic heterocycles. The van der Waals surface area contributed by atoms with Crippen LogP contribution < -0.4 is 13.9 Å². The summed E-state index contributed by atoms with van der Waals surface area (Å²) in [6, 6.07) is 4.74. The van der Waals surface area contributed by atoms with Crippen LogP contribution in [-0.2, 0) is 24.5 Å². The molecule has 1 N–H and O–H groups in total. The lowest BCUT2D eigenvalue weighted by Crippen LogP contribution is -2.41. The zero-order valence-electron chi connectivity index (χ0n) is 13.6. The second-order valence-corrected chi connectivity index (χ2v) is 7.70. The van der Waals surface area contributed by atoms with E-state index in [9.17, 15) is 18.0 Å². The molecule has 23 heavy (non-hydrogen) atoms. The summed E-state index contributed by atoms with van der Waals surface area (Å²) in [4.78, 5) is 23.3. The molecule has 0 aliphatic carbocycles. The van der Waals surface area contributed by atoms with Crippen molar-refractivity contribution >= 4 is 39.1 Å². The number of hydrogen-bond acceptors (Lipinski definition) is 5. The summed E-state index contributed by atoms with van der Waals surface area (Å²) in [5.74, 6) is -1.07. The van der Waals surface area contributed by atoms with Gasteiger partial charge in [-0.25, -0.2) is 0 Å². The van der Waals surface area contributed by atoms with E-state index in [0.717, 1.165) is 8.61 Å². The van der Waals surface area contributed by atoms with Crippen LogP contribution in [0.1, 0.15) is 20.8 Å². The zero-order chi connectivity index (χ0) is 17.6. The maximum Gasteiger partial charge on any atom is 0.326 e. The van der Waals surface area contributed by atoms with Crippen molar-refractivity contribution in [3.05, 3.63) is 18.2 Å². The van der Waals surface area contributed by atoms with Gasteiger partial charge in [0.1, 0.15) is 0 Å². The smallest absolute Gasteiger partial charge is 0.326 e. The lowest BCUT2D eigenvalue weighted by Gasteiger charge is -2.23. The number of benzene rings is 1. The minimum atomic E-state index is -3.57. The van der Waals surface area contributed by atoms with Crippen LogP contribution in [0.25, 0.3) is 0 Å². The lowest BCUT2D eigenvalue weighted by atomic mass is 10.1. The van der Waals surface area contributed by atoms with E-state index >= 15 is 0 Å². The van der Waals surface area contributed by atoms with E-state index in [-0.39, 0.29) is 0 Å². The molecule has 0 bridgehead atoms. The highest BCUT2D eigenvalue weighted by molar-refractivity contribution is 7.94. The molecule has 1 aliphatic rings. The lowest BCUT2D eigenvalue weighted by molar-refractivity contribution is -0.160. The predicted molar refractivity (Wildman–Crippen MR) is 86.6 cm³/mol. The number of carbonyl (C=O) groups is 2. The van der Waals surface area contributed by atoms with Gasteiger partial charge in [-0.3, -0.25) is 18.2 Å². The molecule has 0 spiro atoms. The monoisotopic (exact) mass is 341 g/mol. The fourth-order valence-electron chi connectivity index (χ4n) is 2.24. The van der Waals surface area contributed by atoms with Crippen LogP contribution >= 0.6 is 0 Å². The standard InChI is InChI=1S/C14H19N3O5S/c1-9(18)22-14(2,3)13(19)15-10-6-7-11-12(8-10)17(5)23(20,21)16(11)4/h6-8H,1-5H3,(H,15,19). The van der Waals surface area contributed by atoms with Gasteiger partial charge in [-0.15, -0.1) is 0 Å². The Labute approximate surface area is 135 Å². The first-order valence-electron chi connectivity index (χ1n) is 6.84. The summed E-state index contributed by atoms with van der Waals surface area (Å²) in [7, 11) is -0.673. The van der Waals surface area contributed by atoms with Gasteiger partial charge in [0.05, 0.1) is 11.4 Å². The number of anilines is 3. The minimum absolute atomic E-state index is 0.409. The fourth-order valence-corrected chi connectivity index (χ4v) is 3.40. The van der Waals surface area contributed by atoms with Gasteiger partial charge in [0, 0.05) is 26.7 Å². The first kappa shape index (κ1) is 17.1. The third-order valence-corrected chi connectivity index (χ3v) is 5.33. The largest absolute Gasteiger partial charge is 0.450 e. The van der Waals surface area contributed by atoms with Gasteiger partial charge in [0.25, 0.3) is 5.91 Å². The van der Waals surface area contributed by atoms with E-state index in [2.05, 4.69) is 5.32 Å². The molecule has 0 atom stereocenters. The van der Waals surface area contributed by atoms with Crippen molar-refractivity contribution in [1.82, 2.24) is 0 Å². The number of nitrogens with zero attached hydrogens (tertiary/aromatic N) is 2. The second-order valence-electron chi connectivity index (χ2n) is 5.70. The third kappa shape index (κ3) is 2.96. The van der Waals surface area contributed by atoms with Gasteiger partial charge < -0.3 is 10.1 Å². The Hall–Kier alpha value is -2.29. The summed E-state index contributed by atoms with van der Waals surface area (Å²) in [6.45, 7) is 4.17. The van der Waals surface area contributed by atoms with E-state index in [4.69, 9.17) is 4.74 Å². The number of esters is 1. The molecule has 0 unspecified atom stereocenters. The van der Waals surface area contributed by atoms with E-state index in [1.54, 1.807) is 18.2 Å². The predicted octanol–water partition coefficient (Wildman–Crippen LogP) is 1.10. The number of carbonyl (C=O) groups excluding carboxylic acids is 2. The quantitative estimate of drug-likeness (QED) is 0.831. The molecule has 126 valence electrons. The molecule has 1 aromatic carbocycles. The molecule has 0 radical (unpaired) electrons. The van der Waals surface area contributed by atoms with Crippen LogP contribution in [0.4, 0.5) is 17.1 Å². The Balaban J connectivity index is 2.27. The molecule has 8 nitrogen and oxygen atoms in total. The fraction of sp³-hybridized carbons (Fsp3) is 0.429. The maximum absolute atomic E-state index is 12.2. The average molecular weight is 341 g/mol. The van der Waals surface area contributed by atoms with Crippen LogP contribution in [0, 0.1) is 0 Å². The van der Waals surface area contributed by atoms with Crippen molar-refractivity contribution in [2.75, 3.05) is 28.0 Å². The topological polar surface area (TPSA) is 96.0 Å². The molecule has 2 rings (SSSR count). The molecule has 1 amide bonds. The molecule has 0 saturated carbocycles. The Kier molecular flexibility index (Phi) is 4.02. The molecule has 0 saturated heterocycles. The summed E-state index contributed by atoms with van der Waals surface area (Å²) < 4.78 is 31.4. The molecule has 1 heterocycles. The molecule has 1 aromatic rings. The van der Waals surface area contributed by atoms with Crippen LogP contribution in [-0.4, -0.2) is 40.0 Å². The minimum Gasteiger partial charge on any atom is -0.450 e. The Morgan fingerprint density at radius 2 is 1.70 bits per heavy atom. The van der Waals surface area contributed by atoms with Gasteiger partial charge in [-0.1, -0.05) is 0 Å². The zero-order valence-corrected chi connectivity index (χ0v) is 14.4. The first-order valence-corrected chi connectivity index (χ1v) is 8.24. The van der Waals surface area contributed by atoms with Crippen LogP contribution in [0.3, 0.4) is 0 Å². The van der Waals surface area contributed by atoms with Crippen molar-refractivity contribution in [2.45, 2.75) is 26.4 Å². The highest BCUT2D eigenvalue weighted by atomic mass is 32.2. The summed E-state index contributed by atoms with van der Waals surface area (Å²) >= 11 is 0. The Morgan fingerprint density at radius 3 is 2.26 bits per heavy atom. The van der Waals surface area contributed by atoms with Crippen molar-refractivity contribution < 1.29 is 22.7 Å². The highest BCUT2D eigenvalue weighted by Crippen LogP contribution is 2.40. The number of ether oxygens (including phenoxy) is 1. The van der Waals surface area contributed by atoms with Crippen molar-refractivity contribution in [3.63, 3.8) is 0 Å². The van der Waals surface area contributed by atoms with E-state index in [1.165, 1.54) is 34.9 Å². The Bertz CT molecular complexity index is 773. The second kappa shape index (κ2) is 5.41. The number of hydrogen-bond donors (Lipinski definition) is 1. The van der Waals surface area contributed by atoms with Crippen LogP contribution in [0.5, 0.6) is 0 Å². The number of fused-ring (bicyclic) bond motifs is 1. The number of amides is 1. The Morgan fingerprint density at radius 1 is 1.13 bits per heavy atom. The highest BCUT2D eigenvalue weighted by Gasteiger charge is 2.36. The van der Waals surface area contributed by atoms with Gasteiger partial charge in [-0.05, 0) is 32.0 Å². The van der Waals surface area contributed by atoms with Gasteiger partial charge >= 0.3 is 16.2 Å². The van der Waals surface area contributed by atoms with E-state index < -0.39 is 27.7 Å². The number of rotatable bonds is 3. The van der Waals surface area contributed by atoms with Gasteiger partial charge in [0.15, 0.2) is 5.60 Å². The summed E-state index contributed by atoms with van der Waals surface area (Å²) in [5, 5.41) is 2.62. The average Bonchev–Trinajstić information content (AvgIpc) is 2.59. The van der Waals surface area contributed by atoms with E-state index in [1.807, 2.05) is 0 Å². The molecule has 1 aliphatic heterocycles. The van der Waals surface area contributed by atoms with E-state index in [0.29, 0.717) is 17.1 Å². The van der Waals surface area contributed by atoms with Crippen molar-refractivity contribution in [1.29, 1.82) is 0 Å². The van der Waals surface area contributed by atoms with Crippen molar-refractivity contribution in [3.8, 4) is 0 Å². The number of nitrogens with one attached hydrogen (secondary N) is 1. The third-order valence-electron chi connectivity index (χ3n) is 3.55. The van der Waals surface area contributed by atoms with Crippen LogP contribution in [0.2, 0.25) is 0 Å². The molecular formula is C14H19N3O5S. The molecule has 0 fully saturated rings. The van der Waals surface area contributed by atoms with Gasteiger partial charge in [-0.2, -0.15) is 8.42 Å². The van der Waals surface area contributed by atoms with Gasteiger partial charge in [0.2, 0.25) is 0 Å². The summed E-state index contributed by atoms with van der Waals surface area (Å²) in [5.41, 5.74) is 0.0475. The normalized spacial score (nSPS) is 16.0.